The first-order valence-corrected chi connectivity index (χ1v) is 13.9. The molecule has 0 aromatic heterocycles. The normalized spacial score (nSPS) is 29.7. The molecule has 2 aliphatic rings. The fraction of sp³-hybridized carbons (Fsp3) is 0.567. The molecule has 2 aliphatic heterocycles. The van der Waals surface area contributed by atoms with Gasteiger partial charge in [0.05, 0.1) is 30.8 Å². The standard InChI is InChI=1S/C30H41NO8/c1-2-3-5-10-20(33)12-14-22-26(31(30(22)38)19-8-6-4-7-9-19)21-13-11-18(15-23(21)34)16-24-27(35)29(37)28(36)25(17-32)39-24/h4,6-9,11,13,15,20,22,24-29,32-37H,2-3,5,10,12,14,16-17H2,1H3/t20-,22-,24+,25?,26-,27?,28-,29?/m1/s1. The number of unbranched alkanes of at least 4 members (excludes halogenated alkanes) is 2. The minimum absolute atomic E-state index is 0.0102. The van der Waals surface area contributed by atoms with Gasteiger partial charge in [0.25, 0.3) is 0 Å². The zero-order valence-corrected chi connectivity index (χ0v) is 22.3. The van der Waals surface area contributed by atoms with Crippen LogP contribution in [0.4, 0.5) is 5.69 Å². The maximum Gasteiger partial charge on any atom is 0.233 e. The Hall–Kier alpha value is -2.53. The first-order chi connectivity index (χ1) is 18.8. The van der Waals surface area contributed by atoms with E-state index in [1.807, 2.05) is 30.3 Å². The zero-order chi connectivity index (χ0) is 28.1. The van der Waals surface area contributed by atoms with Gasteiger partial charge in [0, 0.05) is 17.7 Å². The van der Waals surface area contributed by atoms with Crippen molar-refractivity contribution in [2.75, 3.05) is 11.5 Å². The number of phenolic OH excluding ortho intramolecular Hbond substituents is 1. The molecule has 2 aromatic carbocycles. The number of para-hydroxylation sites is 1. The second-order valence-electron chi connectivity index (χ2n) is 10.8. The van der Waals surface area contributed by atoms with Crippen molar-refractivity contribution < 1.29 is 40.2 Å². The van der Waals surface area contributed by atoms with E-state index in [1.165, 1.54) is 0 Å². The molecule has 3 unspecified atom stereocenters. The molecular weight excluding hydrogens is 502 g/mol. The Bertz CT molecular complexity index is 1080. The summed E-state index contributed by atoms with van der Waals surface area (Å²) in [5.74, 6) is -0.436. The van der Waals surface area contributed by atoms with E-state index in [9.17, 15) is 35.4 Å². The van der Waals surface area contributed by atoms with Gasteiger partial charge in [-0.25, -0.2) is 0 Å². The molecule has 0 aliphatic carbocycles. The number of amides is 1. The number of hydrogen-bond donors (Lipinski definition) is 6. The predicted molar refractivity (Wildman–Crippen MR) is 145 cm³/mol. The number of hydrogen-bond acceptors (Lipinski definition) is 8. The highest BCUT2D eigenvalue weighted by Crippen LogP contribution is 2.48. The molecule has 8 atom stereocenters. The quantitative estimate of drug-likeness (QED) is 0.176. The van der Waals surface area contributed by atoms with Crippen LogP contribution in [0.1, 0.15) is 62.6 Å². The number of carbonyl (C=O) groups is 1. The lowest BCUT2D eigenvalue weighted by Crippen LogP contribution is -2.59. The monoisotopic (exact) mass is 543 g/mol. The van der Waals surface area contributed by atoms with Crippen molar-refractivity contribution in [3.05, 3.63) is 59.7 Å². The fourth-order valence-electron chi connectivity index (χ4n) is 5.75. The average molecular weight is 544 g/mol. The van der Waals surface area contributed by atoms with Crippen molar-refractivity contribution in [1.82, 2.24) is 0 Å². The van der Waals surface area contributed by atoms with Crippen molar-refractivity contribution in [3.8, 4) is 5.75 Å². The molecule has 1 amide bonds. The van der Waals surface area contributed by atoms with Gasteiger partial charge in [-0.3, -0.25) is 4.79 Å². The SMILES string of the molecule is CCCCC[C@@H](O)CC[C@H]1C(=O)N(c2ccccc2)[C@@H]1c1ccc(C[C@@H]2OC(CO)[C@@H](O)C(O)C2O)cc1O. The summed E-state index contributed by atoms with van der Waals surface area (Å²) in [5, 5.41) is 61.5. The van der Waals surface area contributed by atoms with E-state index in [0.717, 1.165) is 24.9 Å². The van der Waals surface area contributed by atoms with Gasteiger partial charge < -0.3 is 40.3 Å². The number of anilines is 1. The number of carbonyl (C=O) groups excluding carboxylic acids is 1. The number of benzene rings is 2. The average Bonchev–Trinajstić information content (AvgIpc) is 2.93. The molecule has 9 nitrogen and oxygen atoms in total. The number of phenols is 1. The highest BCUT2D eigenvalue weighted by molar-refractivity contribution is 6.03. The Morgan fingerprint density at radius 2 is 1.67 bits per heavy atom. The summed E-state index contributed by atoms with van der Waals surface area (Å²) in [6, 6.07) is 14.0. The van der Waals surface area contributed by atoms with Crippen LogP contribution in [-0.2, 0) is 16.0 Å². The topological polar surface area (TPSA) is 151 Å². The number of aliphatic hydroxyl groups is 5. The van der Waals surface area contributed by atoms with E-state index in [0.29, 0.717) is 30.4 Å². The van der Waals surface area contributed by atoms with Gasteiger partial charge in [-0.15, -0.1) is 0 Å². The summed E-state index contributed by atoms with van der Waals surface area (Å²) in [6.45, 7) is 1.61. The Kier molecular flexibility index (Phi) is 9.98. The van der Waals surface area contributed by atoms with Gasteiger partial charge in [0.15, 0.2) is 0 Å². The van der Waals surface area contributed by atoms with Crippen LogP contribution in [0.25, 0.3) is 0 Å². The number of nitrogens with zero attached hydrogens (tertiary/aromatic N) is 1. The molecule has 2 aromatic rings. The Morgan fingerprint density at radius 1 is 0.949 bits per heavy atom. The molecule has 2 heterocycles. The summed E-state index contributed by atoms with van der Waals surface area (Å²) in [4.78, 5) is 14.9. The maximum absolute atomic E-state index is 13.3. The van der Waals surface area contributed by atoms with Crippen LogP contribution in [0, 0.1) is 5.92 Å². The Balaban J connectivity index is 1.52. The summed E-state index contributed by atoms with van der Waals surface area (Å²) in [7, 11) is 0. The van der Waals surface area contributed by atoms with E-state index in [2.05, 4.69) is 6.92 Å². The molecule has 0 bridgehead atoms. The first kappa shape index (κ1) is 29.5. The molecule has 39 heavy (non-hydrogen) atoms. The third kappa shape index (κ3) is 6.45. The van der Waals surface area contributed by atoms with Crippen LogP contribution in [0.15, 0.2) is 48.5 Å². The van der Waals surface area contributed by atoms with Crippen molar-refractivity contribution in [2.24, 2.45) is 5.92 Å². The number of β-lactam (4-membered cyclic amide) rings is 1. The third-order valence-corrected chi connectivity index (χ3v) is 8.04. The number of ether oxygens (including phenoxy) is 1. The van der Waals surface area contributed by atoms with Crippen LogP contribution in [-0.4, -0.2) is 79.8 Å². The highest BCUT2D eigenvalue weighted by Gasteiger charge is 2.49. The van der Waals surface area contributed by atoms with Crippen molar-refractivity contribution in [3.63, 3.8) is 0 Å². The summed E-state index contributed by atoms with van der Waals surface area (Å²) >= 11 is 0. The molecule has 0 spiro atoms. The van der Waals surface area contributed by atoms with Gasteiger partial charge >= 0.3 is 0 Å². The highest BCUT2D eigenvalue weighted by atomic mass is 16.5. The number of rotatable bonds is 12. The van der Waals surface area contributed by atoms with Gasteiger partial charge in [-0.1, -0.05) is 56.5 Å². The maximum atomic E-state index is 13.3. The van der Waals surface area contributed by atoms with Crippen LogP contribution >= 0.6 is 0 Å². The summed E-state index contributed by atoms with van der Waals surface area (Å²) < 4.78 is 5.61. The van der Waals surface area contributed by atoms with E-state index in [-0.39, 0.29) is 24.0 Å². The van der Waals surface area contributed by atoms with Crippen LogP contribution < -0.4 is 4.90 Å². The Labute approximate surface area is 229 Å². The lowest BCUT2D eigenvalue weighted by Gasteiger charge is -2.48. The van der Waals surface area contributed by atoms with E-state index >= 15 is 0 Å². The molecule has 2 saturated heterocycles. The number of aromatic hydroxyl groups is 1. The van der Waals surface area contributed by atoms with Gasteiger partial charge in [0.2, 0.25) is 5.91 Å². The van der Waals surface area contributed by atoms with Crippen LogP contribution in [0.2, 0.25) is 0 Å². The molecule has 214 valence electrons. The summed E-state index contributed by atoms with van der Waals surface area (Å²) in [6.07, 6.45) is -1.67. The molecular formula is C30H41NO8. The van der Waals surface area contributed by atoms with Gasteiger partial charge in [-0.05, 0) is 43.0 Å². The second kappa shape index (κ2) is 13.2. The lowest BCUT2D eigenvalue weighted by molar-refractivity contribution is -0.228. The van der Waals surface area contributed by atoms with Crippen LogP contribution in [0.3, 0.4) is 0 Å². The molecule has 0 radical (unpaired) electrons. The second-order valence-corrected chi connectivity index (χ2v) is 10.8. The molecule has 0 saturated carbocycles. The zero-order valence-electron chi connectivity index (χ0n) is 22.3. The van der Waals surface area contributed by atoms with Gasteiger partial charge in [0.1, 0.15) is 30.2 Å². The van der Waals surface area contributed by atoms with Crippen molar-refractivity contribution in [1.29, 1.82) is 0 Å². The van der Waals surface area contributed by atoms with Crippen molar-refractivity contribution >= 4 is 11.6 Å². The molecule has 2 fully saturated rings. The van der Waals surface area contributed by atoms with Crippen LogP contribution in [0.5, 0.6) is 5.75 Å². The predicted octanol–water partition coefficient (Wildman–Crippen LogP) is 2.20. The smallest absolute Gasteiger partial charge is 0.233 e. The summed E-state index contributed by atoms with van der Waals surface area (Å²) in [5.41, 5.74) is 1.94. The number of aliphatic hydroxyl groups excluding tert-OH is 5. The Morgan fingerprint density at radius 3 is 2.33 bits per heavy atom. The lowest BCUT2D eigenvalue weighted by atomic mass is 9.77. The third-order valence-electron chi connectivity index (χ3n) is 8.04. The molecule has 6 N–H and O–H groups in total. The first-order valence-electron chi connectivity index (χ1n) is 13.9. The minimum Gasteiger partial charge on any atom is -0.508 e. The minimum atomic E-state index is -1.47. The fourth-order valence-corrected chi connectivity index (χ4v) is 5.75. The van der Waals surface area contributed by atoms with E-state index in [1.54, 1.807) is 23.1 Å². The molecule has 9 heteroatoms. The van der Waals surface area contributed by atoms with Gasteiger partial charge in [-0.2, -0.15) is 0 Å². The molecule has 4 rings (SSSR count). The largest absolute Gasteiger partial charge is 0.508 e. The van der Waals surface area contributed by atoms with E-state index < -0.39 is 49.3 Å². The van der Waals surface area contributed by atoms with Crippen molar-refractivity contribution in [2.45, 2.75) is 94.5 Å². The van der Waals surface area contributed by atoms with E-state index in [4.69, 9.17) is 4.74 Å².